The van der Waals surface area contributed by atoms with Crippen molar-refractivity contribution < 1.29 is 19.1 Å². The van der Waals surface area contributed by atoms with Gasteiger partial charge in [0.1, 0.15) is 0 Å². The van der Waals surface area contributed by atoms with Crippen molar-refractivity contribution in [3.63, 3.8) is 0 Å². The summed E-state index contributed by atoms with van der Waals surface area (Å²) in [5.41, 5.74) is 0. The molecule has 1 N–H and O–H groups in total. The summed E-state index contributed by atoms with van der Waals surface area (Å²) < 4.78 is 5.10. The molecule has 0 spiro atoms. The number of piperazine rings is 1. The Labute approximate surface area is 105 Å². The first kappa shape index (κ1) is 12.5. The Bertz CT molecular complexity index is 431. The third-order valence-electron chi connectivity index (χ3n) is 3.16. The highest BCUT2D eigenvalue weighted by molar-refractivity contribution is 5.92. The van der Waals surface area contributed by atoms with Gasteiger partial charge in [0.2, 0.25) is 0 Å². The predicted octanol–water partition coefficient (Wildman–Crippen LogP) is 1.49. The van der Waals surface area contributed by atoms with Crippen molar-refractivity contribution in [3.05, 3.63) is 24.2 Å². The molecule has 6 heteroatoms. The Hall–Kier alpha value is -1.98. The number of hydrogen-bond donors (Lipinski definition) is 1. The molecule has 2 heterocycles. The summed E-state index contributed by atoms with van der Waals surface area (Å²) in [6.07, 6.45) is 0.509. The van der Waals surface area contributed by atoms with Crippen molar-refractivity contribution in [2.45, 2.75) is 25.9 Å². The number of amides is 2. The molecule has 2 atom stereocenters. The lowest BCUT2D eigenvalue weighted by Gasteiger charge is -2.42. The molecule has 1 saturated heterocycles. The topological polar surface area (TPSA) is 74.0 Å². The summed E-state index contributed by atoms with van der Waals surface area (Å²) in [7, 11) is 0. The van der Waals surface area contributed by atoms with Gasteiger partial charge in [0.25, 0.3) is 5.91 Å². The van der Waals surface area contributed by atoms with Gasteiger partial charge >= 0.3 is 6.09 Å². The second kappa shape index (κ2) is 4.72. The fourth-order valence-corrected chi connectivity index (χ4v) is 2.41. The number of carboxylic acid groups (broad SMARTS) is 1. The number of rotatable bonds is 1. The Morgan fingerprint density at radius 1 is 1.33 bits per heavy atom. The highest BCUT2D eigenvalue weighted by atomic mass is 16.4. The average Bonchev–Trinajstić information content (AvgIpc) is 2.80. The predicted molar refractivity (Wildman–Crippen MR) is 63.4 cm³/mol. The molecule has 0 aromatic carbocycles. The van der Waals surface area contributed by atoms with E-state index in [9.17, 15) is 9.59 Å². The molecule has 2 unspecified atom stereocenters. The molecule has 2 rings (SSSR count). The van der Waals surface area contributed by atoms with Crippen LogP contribution < -0.4 is 0 Å². The number of carbonyl (C=O) groups is 2. The van der Waals surface area contributed by atoms with E-state index < -0.39 is 6.09 Å². The Morgan fingerprint density at radius 3 is 2.39 bits per heavy atom. The highest BCUT2D eigenvalue weighted by Crippen LogP contribution is 2.19. The van der Waals surface area contributed by atoms with Gasteiger partial charge in [0.05, 0.1) is 6.26 Å². The summed E-state index contributed by atoms with van der Waals surface area (Å²) in [4.78, 5) is 26.2. The summed E-state index contributed by atoms with van der Waals surface area (Å²) >= 11 is 0. The van der Waals surface area contributed by atoms with E-state index in [0.29, 0.717) is 13.1 Å². The second-order valence-corrected chi connectivity index (χ2v) is 4.58. The molecule has 2 amide bonds. The molecule has 98 valence electrons. The number of hydrogen-bond acceptors (Lipinski definition) is 3. The fourth-order valence-electron chi connectivity index (χ4n) is 2.41. The largest absolute Gasteiger partial charge is 0.465 e. The minimum Gasteiger partial charge on any atom is -0.465 e. The molecule has 6 nitrogen and oxygen atoms in total. The van der Waals surface area contributed by atoms with Crippen molar-refractivity contribution in [2.24, 2.45) is 0 Å². The maximum atomic E-state index is 12.2. The molecule has 1 fully saturated rings. The quantitative estimate of drug-likeness (QED) is 0.821. The van der Waals surface area contributed by atoms with Gasteiger partial charge in [-0.1, -0.05) is 0 Å². The van der Waals surface area contributed by atoms with Crippen LogP contribution in [0, 0.1) is 0 Å². The van der Waals surface area contributed by atoms with E-state index in [1.807, 2.05) is 13.8 Å². The van der Waals surface area contributed by atoms with Gasteiger partial charge in [-0.25, -0.2) is 4.79 Å². The molecular weight excluding hydrogens is 236 g/mol. The molecule has 1 aliphatic rings. The van der Waals surface area contributed by atoms with Gasteiger partial charge in [-0.3, -0.25) is 4.79 Å². The lowest BCUT2D eigenvalue weighted by molar-refractivity contribution is 0.0274. The Kier molecular flexibility index (Phi) is 3.27. The molecule has 0 bridgehead atoms. The maximum Gasteiger partial charge on any atom is 0.407 e. The van der Waals surface area contributed by atoms with Crippen molar-refractivity contribution in [3.8, 4) is 0 Å². The van der Waals surface area contributed by atoms with Crippen LogP contribution in [0.25, 0.3) is 0 Å². The normalized spacial score (nSPS) is 24.1. The number of carbonyl (C=O) groups excluding carboxylic acids is 1. The molecule has 1 aromatic rings. The lowest BCUT2D eigenvalue weighted by atomic mass is 10.1. The highest BCUT2D eigenvalue weighted by Gasteiger charge is 2.35. The molecule has 0 radical (unpaired) electrons. The molecule has 1 aliphatic heterocycles. The van der Waals surface area contributed by atoms with E-state index >= 15 is 0 Å². The Morgan fingerprint density at radius 2 is 1.94 bits per heavy atom. The lowest BCUT2D eigenvalue weighted by Crippen LogP contribution is -2.59. The number of nitrogens with zero attached hydrogens (tertiary/aromatic N) is 2. The third-order valence-corrected chi connectivity index (χ3v) is 3.16. The van der Waals surface area contributed by atoms with Crippen LogP contribution in [0.5, 0.6) is 0 Å². The van der Waals surface area contributed by atoms with Crippen LogP contribution in [-0.2, 0) is 0 Å². The van der Waals surface area contributed by atoms with Crippen molar-refractivity contribution in [2.75, 3.05) is 13.1 Å². The van der Waals surface area contributed by atoms with E-state index in [0.717, 1.165) is 0 Å². The first-order valence-corrected chi connectivity index (χ1v) is 5.84. The standard InChI is InChI=1S/C12H16N2O4/c1-8-6-13(12(16)17)7-9(2)14(8)11(15)10-4-3-5-18-10/h3-5,8-9H,6-7H2,1-2H3,(H,16,17). The summed E-state index contributed by atoms with van der Waals surface area (Å²) in [5, 5.41) is 8.99. The molecular formula is C12H16N2O4. The zero-order valence-electron chi connectivity index (χ0n) is 10.4. The fraction of sp³-hybridized carbons (Fsp3) is 0.500. The SMILES string of the molecule is CC1CN(C(=O)O)CC(C)N1C(=O)c1ccco1. The van der Waals surface area contributed by atoms with Gasteiger partial charge < -0.3 is 19.3 Å². The van der Waals surface area contributed by atoms with Crippen LogP contribution in [0.15, 0.2) is 22.8 Å². The van der Waals surface area contributed by atoms with Crippen molar-refractivity contribution in [1.82, 2.24) is 9.80 Å². The summed E-state index contributed by atoms with van der Waals surface area (Å²) in [6, 6.07) is 2.95. The van der Waals surface area contributed by atoms with E-state index in [4.69, 9.17) is 9.52 Å². The Balaban J connectivity index is 2.15. The smallest absolute Gasteiger partial charge is 0.407 e. The first-order valence-electron chi connectivity index (χ1n) is 5.84. The molecule has 0 saturated carbocycles. The first-order chi connectivity index (χ1) is 8.50. The minimum absolute atomic E-state index is 0.164. The maximum absolute atomic E-state index is 12.2. The van der Waals surface area contributed by atoms with Crippen LogP contribution in [-0.4, -0.2) is 52.1 Å². The van der Waals surface area contributed by atoms with Gasteiger partial charge in [0, 0.05) is 25.2 Å². The number of furan rings is 1. The minimum atomic E-state index is -0.946. The van der Waals surface area contributed by atoms with Crippen LogP contribution >= 0.6 is 0 Å². The van der Waals surface area contributed by atoms with Gasteiger partial charge in [0.15, 0.2) is 5.76 Å². The summed E-state index contributed by atoms with van der Waals surface area (Å²) in [6.45, 7) is 4.33. The van der Waals surface area contributed by atoms with Crippen molar-refractivity contribution >= 4 is 12.0 Å². The molecule has 18 heavy (non-hydrogen) atoms. The van der Waals surface area contributed by atoms with Crippen LogP contribution in [0.3, 0.4) is 0 Å². The van der Waals surface area contributed by atoms with Crippen LogP contribution in [0.1, 0.15) is 24.4 Å². The third kappa shape index (κ3) is 2.18. The van der Waals surface area contributed by atoms with Gasteiger partial charge in [-0.2, -0.15) is 0 Å². The average molecular weight is 252 g/mol. The zero-order valence-corrected chi connectivity index (χ0v) is 10.4. The van der Waals surface area contributed by atoms with Crippen molar-refractivity contribution in [1.29, 1.82) is 0 Å². The zero-order chi connectivity index (χ0) is 13.3. The van der Waals surface area contributed by atoms with Gasteiger partial charge in [-0.15, -0.1) is 0 Å². The van der Waals surface area contributed by atoms with E-state index in [1.165, 1.54) is 11.2 Å². The second-order valence-electron chi connectivity index (χ2n) is 4.58. The monoisotopic (exact) mass is 252 g/mol. The summed E-state index contributed by atoms with van der Waals surface area (Å²) in [5.74, 6) is 0.0995. The molecule has 0 aliphatic carbocycles. The molecule has 1 aromatic heterocycles. The van der Waals surface area contributed by atoms with E-state index in [-0.39, 0.29) is 23.8 Å². The van der Waals surface area contributed by atoms with Crippen LogP contribution in [0.4, 0.5) is 4.79 Å². The van der Waals surface area contributed by atoms with E-state index in [2.05, 4.69) is 0 Å². The van der Waals surface area contributed by atoms with Gasteiger partial charge in [-0.05, 0) is 26.0 Å². The van der Waals surface area contributed by atoms with Crippen LogP contribution in [0.2, 0.25) is 0 Å². The van der Waals surface area contributed by atoms with E-state index in [1.54, 1.807) is 17.0 Å².